The third kappa shape index (κ3) is 2.63. The van der Waals surface area contributed by atoms with Gasteiger partial charge in [-0.15, -0.1) is 0 Å². The van der Waals surface area contributed by atoms with Gasteiger partial charge in [0, 0.05) is 6.42 Å². The molecule has 0 saturated heterocycles. The van der Waals surface area contributed by atoms with Crippen LogP contribution in [0.15, 0.2) is 4.99 Å². The van der Waals surface area contributed by atoms with Crippen molar-refractivity contribution < 1.29 is 4.21 Å². The largest absolute Gasteiger partial charge is 0.330 e. The molecule has 0 amide bonds. The molecule has 92 valence electrons. The van der Waals surface area contributed by atoms with Crippen molar-refractivity contribution in [2.24, 2.45) is 22.1 Å². The Morgan fingerprint density at radius 3 is 3.06 bits per heavy atom. The van der Waals surface area contributed by atoms with Gasteiger partial charge in [0.15, 0.2) is 0 Å². The molecule has 0 spiro atoms. The van der Waals surface area contributed by atoms with Crippen LogP contribution in [0.25, 0.3) is 0 Å². The number of rotatable bonds is 3. The molecule has 2 aliphatic rings. The minimum absolute atomic E-state index is 0.192. The smallest absolute Gasteiger partial charge is 0.140 e. The monoisotopic (exact) mass is 243 g/mol. The number of hydrogen-bond acceptors (Lipinski definition) is 3. The highest BCUT2D eigenvalue weighted by molar-refractivity contribution is 7.83. The Morgan fingerprint density at radius 2 is 2.50 bits per heavy atom. The van der Waals surface area contributed by atoms with E-state index < -0.39 is 11.0 Å². The molecular formula is C11H21N3OS. The van der Waals surface area contributed by atoms with E-state index in [1.54, 1.807) is 0 Å². The van der Waals surface area contributed by atoms with Crippen LogP contribution >= 0.6 is 0 Å². The van der Waals surface area contributed by atoms with E-state index >= 15 is 0 Å². The number of nitrogens with one attached hydrogen (secondary N) is 1. The highest BCUT2D eigenvalue weighted by Gasteiger charge is 2.35. The Hall–Kier alpha value is -0.420. The van der Waals surface area contributed by atoms with Crippen molar-refractivity contribution in [1.82, 2.24) is 4.72 Å². The fourth-order valence-electron chi connectivity index (χ4n) is 2.97. The first kappa shape index (κ1) is 12.0. The molecule has 3 atom stereocenters. The molecule has 0 aromatic rings. The Labute approximate surface area is 99.7 Å². The first-order valence-corrected chi connectivity index (χ1v) is 7.34. The van der Waals surface area contributed by atoms with Gasteiger partial charge in [-0.1, -0.05) is 19.8 Å². The lowest BCUT2D eigenvalue weighted by atomic mass is 9.68. The normalized spacial score (nSPS) is 39.2. The Morgan fingerprint density at radius 1 is 1.69 bits per heavy atom. The minimum atomic E-state index is -0.981. The quantitative estimate of drug-likeness (QED) is 0.781. The van der Waals surface area contributed by atoms with Crippen LogP contribution in [-0.2, 0) is 11.0 Å². The summed E-state index contributed by atoms with van der Waals surface area (Å²) in [5, 5.41) is 0. The topological polar surface area (TPSA) is 67.5 Å². The predicted octanol–water partition coefficient (Wildman–Crippen LogP) is 1.15. The van der Waals surface area contributed by atoms with Crippen LogP contribution in [0.4, 0.5) is 0 Å². The van der Waals surface area contributed by atoms with Crippen LogP contribution in [0.2, 0.25) is 0 Å². The zero-order chi connectivity index (χ0) is 11.6. The number of nitrogens with two attached hydrogens (primary N) is 1. The summed E-state index contributed by atoms with van der Waals surface area (Å²) < 4.78 is 14.1. The number of amidine groups is 1. The third-order valence-corrected chi connectivity index (χ3v) is 4.59. The maximum absolute atomic E-state index is 11.2. The van der Waals surface area contributed by atoms with Gasteiger partial charge < -0.3 is 5.73 Å². The second-order valence-electron chi connectivity index (χ2n) is 5.26. The van der Waals surface area contributed by atoms with Gasteiger partial charge >= 0.3 is 0 Å². The van der Waals surface area contributed by atoms with Gasteiger partial charge in [0.25, 0.3) is 0 Å². The Bertz CT molecular complexity index is 318. The maximum Gasteiger partial charge on any atom is 0.140 e. The van der Waals surface area contributed by atoms with E-state index in [0.717, 1.165) is 18.2 Å². The third-order valence-electron chi connectivity index (χ3n) is 3.77. The second kappa shape index (κ2) is 4.84. The molecule has 2 rings (SSSR count). The van der Waals surface area contributed by atoms with Crippen LogP contribution in [-0.4, -0.2) is 22.5 Å². The van der Waals surface area contributed by atoms with Crippen molar-refractivity contribution in [3.05, 3.63) is 0 Å². The lowest BCUT2D eigenvalue weighted by Crippen LogP contribution is -2.39. The molecule has 1 heterocycles. The van der Waals surface area contributed by atoms with Crippen LogP contribution in [0.1, 0.15) is 39.0 Å². The van der Waals surface area contributed by atoms with E-state index in [4.69, 9.17) is 5.73 Å². The molecule has 0 aromatic carbocycles. The fraction of sp³-hybridized carbons (Fsp3) is 0.909. The van der Waals surface area contributed by atoms with Crippen molar-refractivity contribution >= 4 is 16.8 Å². The Kier molecular flexibility index (Phi) is 3.64. The molecule has 0 aromatic heterocycles. The summed E-state index contributed by atoms with van der Waals surface area (Å²) in [7, 11) is -0.981. The molecule has 1 fully saturated rings. The van der Waals surface area contributed by atoms with Gasteiger partial charge in [-0.05, 0) is 30.7 Å². The summed E-state index contributed by atoms with van der Waals surface area (Å²) in [5.41, 5.74) is 6.15. The van der Waals surface area contributed by atoms with Crippen molar-refractivity contribution in [2.45, 2.75) is 39.0 Å². The lowest BCUT2D eigenvalue weighted by Gasteiger charge is -2.39. The second-order valence-corrected chi connectivity index (χ2v) is 6.42. The number of nitrogens with zero attached hydrogens (tertiary/aromatic N) is 1. The summed E-state index contributed by atoms with van der Waals surface area (Å²) in [5.74, 6) is 2.06. The van der Waals surface area contributed by atoms with Gasteiger partial charge in [0.1, 0.15) is 22.7 Å². The summed E-state index contributed by atoms with van der Waals surface area (Å²) in [6.45, 7) is 3.01. The number of hydrogen-bond donors (Lipinski definition) is 2. The van der Waals surface area contributed by atoms with E-state index in [1.807, 2.05) is 0 Å². The van der Waals surface area contributed by atoms with Crippen LogP contribution < -0.4 is 10.5 Å². The SMILES string of the molecule is C[C@@H]1CCC[C@@](CN)(CC2=NCS(=O)N2)C1. The molecule has 16 heavy (non-hydrogen) atoms. The number of aliphatic imine (C=N–C) groups is 1. The van der Waals surface area contributed by atoms with Gasteiger partial charge in [0.2, 0.25) is 0 Å². The van der Waals surface area contributed by atoms with Crippen molar-refractivity contribution in [1.29, 1.82) is 0 Å². The molecule has 1 unspecified atom stereocenters. The molecule has 3 N–H and O–H groups in total. The zero-order valence-electron chi connectivity index (χ0n) is 9.87. The summed E-state index contributed by atoms with van der Waals surface area (Å²) in [6, 6.07) is 0. The molecule has 1 saturated carbocycles. The molecule has 0 bridgehead atoms. The van der Waals surface area contributed by atoms with E-state index in [0.29, 0.717) is 12.4 Å². The first-order chi connectivity index (χ1) is 7.63. The van der Waals surface area contributed by atoms with E-state index in [9.17, 15) is 4.21 Å². The molecule has 1 aliphatic heterocycles. The van der Waals surface area contributed by atoms with E-state index in [-0.39, 0.29) is 5.41 Å². The molecular weight excluding hydrogens is 222 g/mol. The standard InChI is InChI=1S/C11H21N3OS/c1-9-3-2-4-11(5-9,7-12)6-10-13-8-16(15)14-10/h9H,2-8,12H2,1H3,(H,13,14)/t9-,11+,16?/m1/s1. The fourth-order valence-corrected chi connectivity index (χ4v) is 3.70. The summed E-state index contributed by atoms with van der Waals surface area (Å²) >= 11 is 0. The Balaban J connectivity index is 2.01. The van der Waals surface area contributed by atoms with E-state index in [2.05, 4.69) is 16.6 Å². The van der Waals surface area contributed by atoms with Crippen LogP contribution in [0, 0.1) is 11.3 Å². The molecule has 4 nitrogen and oxygen atoms in total. The van der Waals surface area contributed by atoms with Gasteiger partial charge in [-0.3, -0.25) is 9.71 Å². The predicted molar refractivity (Wildman–Crippen MR) is 67.3 cm³/mol. The maximum atomic E-state index is 11.2. The highest BCUT2D eigenvalue weighted by atomic mass is 32.2. The molecule has 1 aliphatic carbocycles. The molecule has 5 heteroatoms. The summed E-state index contributed by atoms with van der Waals surface area (Å²) in [6.07, 6.45) is 5.81. The first-order valence-electron chi connectivity index (χ1n) is 6.02. The average molecular weight is 243 g/mol. The van der Waals surface area contributed by atoms with Gasteiger partial charge in [-0.2, -0.15) is 0 Å². The zero-order valence-corrected chi connectivity index (χ0v) is 10.7. The van der Waals surface area contributed by atoms with Crippen molar-refractivity contribution in [3.8, 4) is 0 Å². The van der Waals surface area contributed by atoms with Crippen LogP contribution in [0.3, 0.4) is 0 Å². The van der Waals surface area contributed by atoms with Crippen molar-refractivity contribution in [3.63, 3.8) is 0 Å². The minimum Gasteiger partial charge on any atom is -0.330 e. The summed E-state index contributed by atoms with van der Waals surface area (Å²) in [4.78, 5) is 4.28. The van der Waals surface area contributed by atoms with Gasteiger partial charge in [-0.25, -0.2) is 4.21 Å². The van der Waals surface area contributed by atoms with E-state index in [1.165, 1.54) is 25.7 Å². The van der Waals surface area contributed by atoms with Gasteiger partial charge in [0.05, 0.1) is 0 Å². The molecule has 0 radical (unpaired) electrons. The average Bonchev–Trinajstić information content (AvgIpc) is 2.64. The lowest BCUT2D eigenvalue weighted by molar-refractivity contribution is 0.162. The van der Waals surface area contributed by atoms with Crippen LogP contribution in [0.5, 0.6) is 0 Å². The van der Waals surface area contributed by atoms with Crippen molar-refractivity contribution in [2.75, 3.05) is 12.4 Å². The highest BCUT2D eigenvalue weighted by Crippen LogP contribution is 2.41.